The Morgan fingerprint density at radius 2 is 2.12 bits per heavy atom. The smallest absolute Gasteiger partial charge is 0.317 e. The van der Waals surface area contributed by atoms with E-state index in [1.807, 2.05) is 6.92 Å². The molecule has 0 bridgehead atoms. The van der Waals surface area contributed by atoms with E-state index in [0.29, 0.717) is 12.5 Å². The van der Waals surface area contributed by atoms with Gasteiger partial charge < -0.3 is 15.3 Å². The largest absolute Gasteiger partial charge is 0.481 e. The number of amides is 2. The first-order valence-corrected chi connectivity index (χ1v) is 6.30. The second kappa shape index (κ2) is 6.47. The van der Waals surface area contributed by atoms with Crippen LogP contribution < -0.4 is 5.32 Å². The fourth-order valence-electron chi connectivity index (χ4n) is 2.05. The summed E-state index contributed by atoms with van der Waals surface area (Å²) in [5, 5.41) is 11.6. The standard InChI is InChI=1S/C12H22N2O3/c1-3-14(9(2)7-11(15)16)12(17)13-8-10-5-4-6-10/h9-10H,3-8H2,1-2H3,(H,13,17)(H,15,16). The summed E-state index contributed by atoms with van der Waals surface area (Å²) in [4.78, 5) is 24.1. The predicted octanol–water partition coefficient (Wildman–Crippen LogP) is 1.68. The van der Waals surface area contributed by atoms with E-state index in [4.69, 9.17) is 5.11 Å². The molecule has 1 aliphatic rings. The topological polar surface area (TPSA) is 69.6 Å². The molecule has 2 amide bonds. The molecule has 0 aromatic rings. The Bertz CT molecular complexity index is 277. The molecule has 0 saturated heterocycles. The summed E-state index contributed by atoms with van der Waals surface area (Å²) in [5.74, 6) is -0.254. The van der Waals surface area contributed by atoms with E-state index < -0.39 is 5.97 Å². The first kappa shape index (κ1) is 13.8. The van der Waals surface area contributed by atoms with E-state index >= 15 is 0 Å². The fourth-order valence-corrected chi connectivity index (χ4v) is 2.05. The van der Waals surface area contributed by atoms with Gasteiger partial charge in [0.15, 0.2) is 0 Å². The van der Waals surface area contributed by atoms with Gasteiger partial charge in [-0.25, -0.2) is 4.79 Å². The lowest BCUT2D eigenvalue weighted by atomic mass is 9.85. The molecule has 0 heterocycles. The summed E-state index contributed by atoms with van der Waals surface area (Å²) in [6.07, 6.45) is 3.63. The average molecular weight is 242 g/mol. The lowest BCUT2D eigenvalue weighted by molar-refractivity contribution is -0.138. The van der Waals surface area contributed by atoms with Crippen molar-refractivity contribution < 1.29 is 14.7 Å². The summed E-state index contributed by atoms with van der Waals surface area (Å²) < 4.78 is 0. The number of urea groups is 1. The zero-order chi connectivity index (χ0) is 12.8. The summed E-state index contributed by atoms with van der Waals surface area (Å²) in [6.45, 7) is 4.88. The molecule has 0 spiro atoms. The molecule has 0 aliphatic heterocycles. The van der Waals surface area contributed by atoms with Crippen molar-refractivity contribution in [3.63, 3.8) is 0 Å². The number of hydrogen-bond acceptors (Lipinski definition) is 2. The highest BCUT2D eigenvalue weighted by Crippen LogP contribution is 2.25. The van der Waals surface area contributed by atoms with Crippen molar-refractivity contribution in [2.24, 2.45) is 5.92 Å². The van der Waals surface area contributed by atoms with Crippen LogP contribution in [0.2, 0.25) is 0 Å². The molecular formula is C12H22N2O3. The lowest BCUT2D eigenvalue weighted by Gasteiger charge is -2.30. The highest BCUT2D eigenvalue weighted by Gasteiger charge is 2.23. The maximum absolute atomic E-state index is 11.9. The molecule has 1 rings (SSSR count). The van der Waals surface area contributed by atoms with Gasteiger partial charge in [0.2, 0.25) is 0 Å². The molecule has 17 heavy (non-hydrogen) atoms. The third-order valence-electron chi connectivity index (χ3n) is 3.37. The van der Waals surface area contributed by atoms with E-state index in [1.165, 1.54) is 19.3 Å². The van der Waals surface area contributed by atoms with E-state index in [-0.39, 0.29) is 18.5 Å². The van der Waals surface area contributed by atoms with E-state index in [0.717, 1.165) is 6.54 Å². The minimum Gasteiger partial charge on any atom is -0.481 e. The number of rotatable bonds is 6. The lowest BCUT2D eigenvalue weighted by Crippen LogP contribution is -2.47. The number of nitrogens with one attached hydrogen (secondary N) is 1. The van der Waals surface area contributed by atoms with Crippen LogP contribution in [0, 0.1) is 5.92 Å². The van der Waals surface area contributed by atoms with Crippen molar-refractivity contribution >= 4 is 12.0 Å². The third-order valence-corrected chi connectivity index (χ3v) is 3.37. The molecule has 1 fully saturated rings. The number of hydrogen-bond donors (Lipinski definition) is 2. The van der Waals surface area contributed by atoms with Crippen LogP contribution >= 0.6 is 0 Å². The molecule has 98 valence electrons. The predicted molar refractivity (Wildman–Crippen MR) is 64.8 cm³/mol. The van der Waals surface area contributed by atoms with E-state index in [1.54, 1.807) is 11.8 Å². The zero-order valence-electron chi connectivity index (χ0n) is 10.6. The van der Waals surface area contributed by atoms with Gasteiger partial charge in [0.05, 0.1) is 6.42 Å². The van der Waals surface area contributed by atoms with Crippen LogP contribution in [-0.2, 0) is 4.79 Å². The normalized spacial score (nSPS) is 17.1. The molecule has 1 atom stereocenters. The van der Waals surface area contributed by atoms with Crippen LogP contribution in [0.5, 0.6) is 0 Å². The number of nitrogens with zero attached hydrogens (tertiary/aromatic N) is 1. The molecule has 0 radical (unpaired) electrons. The van der Waals surface area contributed by atoms with E-state index in [2.05, 4.69) is 5.32 Å². The van der Waals surface area contributed by atoms with Crippen LogP contribution in [0.25, 0.3) is 0 Å². The van der Waals surface area contributed by atoms with Crippen molar-refractivity contribution in [3.05, 3.63) is 0 Å². The van der Waals surface area contributed by atoms with Gasteiger partial charge in [-0.05, 0) is 32.6 Å². The first-order chi connectivity index (χ1) is 8.04. The minimum absolute atomic E-state index is 0.00924. The third kappa shape index (κ3) is 4.24. The Morgan fingerprint density at radius 3 is 2.53 bits per heavy atom. The minimum atomic E-state index is -0.872. The maximum Gasteiger partial charge on any atom is 0.317 e. The molecular weight excluding hydrogens is 220 g/mol. The van der Waals surface area contributed by atoms with Crippen LogP contribution in [0.3, 0.4) is 0 Å². The highest BCUT2D eigenvalue weighted by atomic mass is 16.4. The van der Waals surface area contributed by atoms with Gasteiger partial charge in [0.1, 0.15) is 0 Å². The molecule has 1 saturated carbocycles. The van der Waals surface area contributed by atoms with Crippen molar-refractivity contribution in [1.82, 2.24) is 10.2 Å². The Morgan fingerprint density at radius 1 is 1.47 bits per heavy atom. The zero-order valence-corrected chi connectivity index (χ0v) is 10.6. The second-order valence-corrected chi connectivity index (χ2v) is 4.72. The van der Waals surface area contributed by atoms with Crippen LogP contribution in [0.4, 0.5) is 4.79 Å². The van der Waals surface area contributed by atoms with Crippen molar-refractivity contribution in [2.75, 3.05) is 13.1 Å². The van der Waals surface area contributed by atoms with Crippen LogP contribution in [-0.4, -0.2) is 41.1 Å². The summed E-state index contributed by atoms with van der Waals surface area (Å²) in [7, 11) is 0. The number of carboxylic acid groups (broad SMARTS) is 1. The Kier molecular flexibility index (Phi) is 5.25. The van der Waals surface area contributed by atoms with Gasteiger partial charge in [0.25, 0.3) is 0 Å². The SMILES string of the molecule is CCN(C(=O)NCC1CCC1)C(C)CC(=O)O. The molecule has 5 heteroatoms. The average Bonchev–Trinajstić information content (AvgIpc) is 2.14. The Labute approximate surface area is 102 Å². The van der Waals surface area contributed by atoms with E-state index in [9.17, 15) is 9.59 Å². The van der Waals surface area contributed by atoms with Crippen LogP contribution in [0.15, 0.2) is 0 Å². The molecule has 2 N–H and O–H groups in total. The quantitative estimate of drug-likeness (QED) is 0.744. The summed E-state index contributed by atoms with van der Waals surface area (Å²) in [5.41, 5.74) is 0. The number of carbonyl (C=O) groups excluding carboxylic acids is 1. The summed E-state index contributed by atoms with van der Waals surface area (Å²) >= 11 is 0. The maximum atomic E-state index is 11.9. The Hall–Kier alpha value is -1.26. The van der Waals surface area contributed by atoms with Gasteiger partial charge in [-0.2, -0.15) is 0 Å². The first-order valence-electron chi connectivity index (χ1n) is 6.30. The van der Waals surface area contributed by atoms with Gasteiger partial charge in [-0.15, -0.1) is 0 Å². The van der Waals surface area contributed by atoms with Crippen molar-refractivity contribution in [1.29, 1.82) is 0 Å². The molecule has 0 aromatic heterocycles. The van der Waals surface area contributed by atoms with Gasteiger partial charge >= 0.3 is 12.0 Å². The molecule has 1 unspecified atom stereocenters. The summed E-state index contributed by atoms with van der Waals surface area (Å²) in [6, 6.07) is -0.410. The number of carboxylic acids is 1. The fraction of sp³-hybridized carbons (Fsp3) is 0.833. The van der Waals surface area contributed by atoms with Gasteiger partial charge in [0, 0.05) is 19.1 Å². The van der Waals surface area contributed by atoms with Crippen LogP contribution in [0.1, 0.15) is 39.5 Å². The highest BCUT2D eigenvalue weighted by molar-refractivity contribution is 5.75. The Balaban J connectivity index is 2.35. The number of aliphatic carboxylic acids is 1. The van der Waals surface area contributed by atoms with Gasteiger partial charge in [-0.1, -0.05) is 6.42 Å². The van der Waals surface area contributed by atoms with Gasteiger partial charge in [-0.3, -0.25) is 4.79 Å². The van der Waals surface area contributed by atoms with Crippen molar-refractivity contribution in [3.8, 4) is 0 Å². The molecule has 0 aromatic carbocycles. The number of carbonyl (C=O) groups is 2. The molecule has 1 aliphatic carbocycles. The second-order valence-electron chi connectivity index (χ2n) is 4.72. The molecule has 5 nitrogen and oxygen atoms in total. The monoisotopic (exact) mass is 242 g/mol. The van der Waals surface area contributed by atoms with Crippen molar-refractivity contribution in [2.45, 2.75) is 45.6 Å².